The summed E-state index contributed by atoms with van der Waals surface area (Å²) in [6.07, 6.45) is 11.0. The van der Waals surface area contributed by atoms with Gasteiger partial charge in [0.05, 0.1) is 35.0 Å². The van der Waals surface area contributed by atoms with Crippen molar-refractivity contribution in [1.82, 2.24) is 19.7 Å². The van der Waals surface area contributed by atoms with Gasteiger partial charge >= 0.3 is 3.93 Å². The fourth-order valence-electron chi connectivity index (χ4n) is 3.77. The zero-order valence-electron chi connectivity index (χ0n) is 17.7. The van der Waals surface area contributed by atoms with Gasteiger partial charge in [0.2, 0.25) is 0 Å². The largest absolute Gasteiger partial charge is 0.323 e. The molecule has 4 rings (SSSR count). The first-order valence-corrected chi connectivity index (χ1v) is 11.4. The van der Waals surface area contributed by atoms with Crippen molar-refractivity contribution in [2.24, 2.45) is 0 Å². The number of rotatable bonds is 5. The molecule has 0 aliphatic heterocycles. The Labute approximate surface area is 198 Å². The van der Waals surface area contributed by atoms with Gasteiger partial charge in [0.1, 0.15) is 0 Å². The van der Waals surface area contributed by atoms with Crippen molar-refractivity contribution in [3.63, 3.8) is 0 Å². The van der Waals surface area contributed by atoms with E-state index in [0.29, 0.717) is 22.8 Å². The Bertz CT molecular complexity index is 1180. The predicted molar refractivity (Wildman–Crippen MR) is 127 cm³/mol. The van der Waals surface area contributed by atoms with Crippen molar-refractivity contribution in [3.8, 4) is 5.82 Å². The number of pyridine rings is 2. The van der Waals surface area contributed by atoms with Crippen LogP contribution in [0.4, 0.5) is 14.5 Å². The van der Waals surface area contributed by atoms with E-state index in [2.05, 4.69) is 26.5 Å². The normalized spacial score (nSPS) is 14.2. The second-order valence-electron chi connectivity index (χ2n) is 7.78. The van der Waals surface area contributed by atoms with E-state index in [9.17, 15) is 13.6 Å². The number of allylic oxidation sites excluding steroid dienone is 2. The number of aromatic nitrogens is 4. The van der Waals surface area contributed by atoms with Crippen molar-refractivity contribution in [1.29, 1.82) is 0 Å². The van der Waals surface area contributed by atoms with E-state index >= 15 is 0 Å². The molecule has 0 saturated heterocycles. The number of amides is 1. The number of hydrogen-bond acceptors (Lipinski definition) is 4. The van der Waals surface area contributed by atoms with Gasteiger partial charge < -0.3 is 5.32 Å². The second-order valence-corrected chi connectivity index (χ2v) is 9.13. The number of anilines is 1. The van der Waals surface area contributed by atoms with Crippen LogP contribution in [0, 0.1) is 13.8 Å². The summed E-state index contributed by atoms with van der Waals surface area (Å²) in [5.41, 5.74) is 4.59. The lowest BCUT2D eigenvalue weighted by molar-refractivity contribution is 0.102. The average molecular weight is 549 g/mol. The van der Waals surface area contributed by atoms with Gasteiger partial charge in [0, 0.05) is 34.4 Å². The molecule has 0 spiro atoms. The molecular formula is C23H22F2IN5O. The number of aryl methyl sites for hydroxylation is 1. The molecule has 1 aliphatic rings. The van der Waals surface area contributed by atoms with Crippen molar-refractivity contribution < 1.29 is 13.6 Å². The number of nitrogens with one attached hydrogen (secondary N) is 1. The maximum atomic E-state index is 13.4. The van der Waals surface area contributed by atoms with Gasteiger partial charge in [-0.2, -0.15) is 13.9 Å². The van der Waals surface area contributed by atoms with E-state index in [1.807, 2.05) is 13.0 Å². The van der Waals surface area contributed by atoms with E-state index in [1.165, 1.54) is 41.4 Å². The van der Waals surface area contributed by atoms with Gasteiger partial charge in [-0.3, -0.25) is 9.78 Å². The first-order valence-electron chi connectivity index (χ1n) is 10.3. The van der Waals surface area contributed by atoms with Crippen molar-refractivity contribution in [3.05, 3.63) is 70.9 Å². The molecule has 1 amide bonds. The number of carbonyl (C=O) groups excluding carboxylic acids is 1. The third-order valence-corrected chi connectivity index (χ3v) is 6.10. The molecule has 0 radical (unpaired) electrons. The van der Waals surface area contributed by atoms with E-state index in [1.54, 1.807) is 13.1 Å². The highest BCUT2D eigenvalue weighted by Crippen LogP contribution is 2.34. The number of hydrogen-bond donors (Lipinski definition) is 1. The lowest BCUT2D eigenvalue weighted by atomic mass is 9.95. The van der Waals surface area contributed by atoms with Gasteiger partial charge in [-0.15, -0.1) is 0 Å². The second kappa shape index (κ2) is 9.05. The molecule has 32 heavy (non-hydrogen) atoms. The van der Waals surface area contributed by atoms with Gasteiger partial charge in [0.15, 0.2) is 5.82 Å². The Kier molecular flexibility index (Phi) is 6.36. The summed E-state index contributed by atoms with van der Waals surface area (Å²) >= 11 is 1.06. The molecule has 0 unspecified atom stereocenters. The molecule has 1 aliphatic carbocycles. The molecule has 3 aromatic heterocycles. The van der Waals surface area contributed by atoms with Gasteiger partial charge in [-0.05, 0) is 68.9 Å². The van der Waals surface area contributed by atoms with Crippen LogP contribution in [0.1, 0.15) is 58.6 Å². The molecule has 166 valence electrons. The quantitative estimate of drug-likeness (QED) is 0.314. The highest BCUT2D eigenvalue weighted by Gasteiger charge is 2.27. The molecular weight excluding hydrogens is 527 g/mol. The molecule has 1 N–H and O–H groups in total. The van der Waals surface area contributed by atoms with Crippen LogP contribution < -0.4 is 5.32 Å². The molecule has 3 heterocycles. The van der Waals surface area contributed by atoms with Crippen molar-refractivity contribution in [2.75, 3.05) is 5.32 Å². The summed E-state index contributed by atoms with van der Waals surface area (Å²) in [7, 11) is 0. The summed E-state index contributed by atoms with van der Waals surface area (Å²) in [5, 5.41) is 7.08. The molecule has 0 aromatic carbocycles. The standard InChI is InChI=1S/C23H22F2IN5O/c1-14-10-18(12-28-21(14)16-6-4-3-5-7-16)30-22(32)19-13-29-31(15(19)2)20-9-8-17(11-27-20)23(24,25)26/h6,8-13H,3-5,7H2,1-2H3,(H,30,32). The highest BCUT2D eigenvalue weighted by atomic mass is 127. The van der Waals surface area contributed by atoms with Gasteiger partial charge in [-0.25, -0.2) is 9.67 Å². The molecule has 0 atom stereocenters. The summed E-state index contributed by atoms with van der Waals surface area (Å²) in [6.45, 7) is 3.72. The van der Waals surface area contributed by atoms with Crippen molar-refractivity contribution in [2.45, 2.75) is 43.5 Å². The smallest absolute Gasteiger partial charge is 0.320 e. The summed E-state index contributed by atoms with van der Waals surface area (Å²) < 4.78 is 25.3. The number of nitrogens with zero attached hydrogens (tertiary/aromatic N) is 4. The lowest BCUT2D eigenvalue weighted by Crippen LogP contribution is -2.14. The highest BCUT2D eigenvalue weighted by molar-refractivity contribution is 14.1. The SMILES string of the molecule is Cc1cc(NC(=O)c2cnn(-c3ccc(C(F)(F)I)cn3)c2C)cnc1C1=CCCCC1. The minimum absolute atomic E-state index is 0.195. The Morgan fingerprint density at radius 1 is 1.16 bits per heavy atom. The first kappa shape index (κ1) is 22.5. The molecule has 0 fully saturated rings. The Hall–Kier alpha value is -2.69. The minimum Gasteiger partial charge on any atom is -0.320 e. The zero-order chi connectivity index (χ0) is 22.9. The van der Waals surface area contributed by atoms with Crippen LogP contribution in [0.5, 0.6) is 0 Å². The summed E-state index contributed by atoms with van der Waals surface area (Å²) in [4.78, 5) is 21.5. The fourth-order valence-corrected chi connectivity index (χ4v) is 4.09. The molecule has 6 nitrogen and oxygen atoms in total. The Morgan fingerprint density at radius 2 is 1.97 bits per heavy atom. The minimum atomic E-state index is -3.00. The van der Waals surface area contributed by atoms with Crippen LogP contribution >= 0.6 is 22.6 Å². The fraction of sp³-hybridized carbons (Fsp3) is 0.304. The Morgan fingerprint density at radius 3 is 2.59 bits per heavy atom. The van der Waals surface area contributed by atoms with E-state index in [0.717, 1.165) is 52.9 Å². The number of carbonyl (C=O) groups is 1. The van der Waals surface area contributed by atoms with Crippen LogP contribution in [0.25, 0.3) is 11.4 Å². The third-order valence-electron chi connectivity index (χ3n) is 5.48. The van der Waals surface area contributed by atoms with Gasteiger partial charge in [-0.1, -0.05) is 6.08 Å². The van der Waals surface area contributed by atoms with E-state index < -0.39 is 3.93 Å². The maximum Gasteiger partial charge on any atom is 0.323 e. The molecule has 3 aromatic rings. The van der Waals surface area contributed by atoms with Crippen molar-refractivity contribution >= 4 is 39.8 Å². The van der Waals surface area contributed by atoms with Crippen LogP contribution in [-0.4, -0.2) is 25.7 Å². The van der Waals surface area contributed by atoms with Crippen LogP contribution in [0.15, 0.2) is 42.9 Å². The zero-order valence-corrected chi connectivity index (χ0v) is 19.9. The van der Waals surface area contributed by atoms with Gasteiger partial charge in [0.25, 0.3) is 5.91 Å². The van der Waals surface area contributed by atoms with E-state index in [-0.39, 0.29) is 11.5 Å². The topological polar surface area (TPSA) is 72.7 Å². The number of alkyl halides is 3. The molecule has 0 saturated carbocycles. The van der Waals surface area contributed by atoms with Crippen LogP contribution in [0.2, 0.25) is 0 Å². The third kappa shape index (κ3) is 4.72. The molecule has 9 heteroatoms. The maximum absolute atomic E-state index is 13.4. The molecule has 0 bridgehead atoms. The summed E-state index contributed by atoms with van der Waals surface area (Å²) in [6, 6.07) is 4.67. The number of halogens is 3. The summed E-state index contributed by atoms with van der Waals surface area (Å²) in [5.74, 6) is 0.0311. The first-order chi connectivity index (χ1) is 15.2. The monoisotopic (exact) mass is 549 g/mol. The lowest BCUT2D eigenvalue weighted by Gasteiger charge is -2.15. The Balaban J connectivity index is 1.52. The van der Waals surface area contributed by atoms with Crippen LogP contribution in [-0.2, 0) is 3.93 Å². The van der Waals surface area contributed by atoms with Crippen LogP contribution in [0.3, 0.4) is 0 Å². The van der Waals surface area contributed by atoms with E-state index in [4.69, 9.17) is 0 Å². The predicted octanol–water partition coefficient (Wildman–Crippen LogP) is 5.97. The average Bonchev–Trinajstić information content (AvgIpc) is 3.15.